The summed E-state index contributed by atoms with van der Waals surface area (Å²) in [7, 11) is 0. The molecule has 0 bridgehead atoms. The van der Waals surface area contributed by atoms with Gasteiger partial charge in [-0.3, -0.25) is 9.89 Å². The lowest BCUT2D eigenvalue weighted by atomic mass is 10.2. The summed E-state index contributed by atoms with van der Waals surface area (Å²) in [6.45, 7) is 1.66. The Morgan fingerprint density at radius 1 is 1.40 bits per heavy atom. The average Bonchev–Trinajstić information content (AvgIpc) is 3.26. The molecule has 2 N–H and O–H groups in total. The molecule has 25 heavy (non-hydrogen) atoms. The number of aromatic nitrogens is 3. The highest BCUT2D eigenvalue weighted by Gasteiger charge is 2.08. The second-order valence-corrected chi connectivity index (χ2v) is 6.10. The van der Waals surface area contributed by atoms with E-state index in [9.17, 15) is 9.18 Å². The van der Waals surface area contributed by atoms with E-state index in [1.807, 2.05) is 6.07 Å². The van der Waals surface area contributed by atoms with Crippen LogP contribution < -0.4 is 5.32 Å². The zero-order valence-electron chi connectivity index (χ0n) is 13.3. The molecular formula is C17H15FN4O2S. The lowest BCUT2D eigenvalue weighted by molar-refractivity contribution is -0.113. The molecule has 0 aliphatic carbocycles. The minimum Gasteiger partial charge on any atom is -0.465 e. The number of H-pyrrole nitrogens is 1. The fraction of sp³-hybridized carbons (Fsp3) is 0.118. The van der Waals surface area contributed by atoms with E-state index in [4.69, 9.17) is 4.42 Å². The van der Waals surface area contributed by atoms with Crippen molar-refractivity contribution < 1.29 is 13.6 Å². The van der Waals surface area contributed by atoms with Crippen LogP contribution in [0, 0.1) is 12.7 Å². The number of carbonyl (C=O) groups is 1. The van der Waals surface area contributed by atoms with Crippen molar-refractivity contribution in [3.63, 3.8) is 0 Å². The van der Waals surface area contributed by atoms with Crippen LogP contribution in [0.2, 0.25) is 0 Å². The molecule has 0 radical (unpaired) electrons. The summed E-state index contributed by atoms with van der Waals surface area (Å²) < 4.78 is 18.6. The molecule has 0 fully saturated rings. The zero-order valence-corrected chi connectivity index (χ0v) is 14.1. The van der Waals surface area contributed by atoms with Crippen LogP contribution >= 0.6 is 11.8 Å². The summed E-state index contributed by atoms with van der Waals surface area (Å²) in [5, 5.41) is 9.88. The summed E-state index contributed by atoms with van der Waals surface area (Å²) in [6, 6.07) is 8.18. The Balaban J connectivity index is 1.51. The van der Waals surface area contributed by atoms with Crippen molar-refractivity contribution in [3.05, 3.63) is 59.6 Å². The van der Waals surface area contributed by atoms with Crippen molar-refractivity contribution in [2.45, 2.75) is 12.1 Å². The Labute approximate surface area is 147 Å². The van der Waals surface area contributed by atoms with Crippen LogP contribution in [0.5, 0.6) is 0 Å². The molecule has 0 unspecified atom stereocenters. The number of hydrogen-bond donors (Lipinski definition) is 2. The molecule has 128 valence electrons. The van der Waals surface area contributed by atoms with Crippen LogP contribution in [0.15, 0.2) is 46.2 Å². The molecule has 3 aromatic rings. The standard InChI is InChI=1S/C17H15FN4O2S/c1-11-4-5-12(9-14(11)18)19-16(23)10-25-17-20-15(21-22-17)7-6-13-3-2-8-24-13/h2-9H,10H2,1H3,(H,19,23)(H,20,21,22). The Kier molecular flexibility index (Phi) is 5.30. The van der Waals surface area contributed by atoms with Gasteiger partial charge in [-0.1, -0.05) is 17.8 Å². The Hall–Kier alpha value is -2.87. The molecule has 0 spiro atoms. The van der Waals surface area contributed by atoms with Crippen LogP contribution in [0.4, 0.5) is 10.1 Å². The van der Waals surface area contributed by atoms with Crippen LogP contribution in [0.1, 0.15) is 17.1 Å². The molecule has 0 aliphatic heterocycles. The highest BCUT2D eigenvalue weighted by molar-refractivity contribution is 7.99. The van der Waals surface area contributed by atoms with E-state index in [0.29, 0.717) is 28.0 Å². The topological polar surface area (TPSA) is 83.8 Å². The van der Waals surface area contributed by atoms with Gasteiger partial charge in [-0.15, -0.1) is 5.10 Å². The van der Waals surface area contributed by atoms with Gasteiger partial charge in [0.05, 0.1) is 12.0 Å². The van der Waals surface area contributed by atoms with Gasteiger partial charge in [0.1, 0.15) is 17.4 Å². The van der Waals surface area contributed by atoms with Gasteiger partial charge in [-0.25, -0.2) is 9.37 Å². The van der Waals surface area contributed by atoms with E-state index in [2.05, 4.69) is 20.5 Å². The van der Waals surface area contributed by atoms with Crippen molar-refractivity contribution in [2.75, 3.05) is 11.1 Å². The van der Waals surface area contributed by atoms with Gasteiger partial charge >= 0.3 is 0 Å². The van der Waals surface area contributed by atoms with Gasteiger partial charge in [0.2, 0.25) is 11.1 Å². The minimum atomic E-state index is -0.354. The van der Waals surface area contributed by atoms with Gasteiger partial charge in [0.15, 0.2) is 0 Å². The van der Waals surface area contributed by atoms with Crippen LogP contribution in [-0.2, 0) is 4.79 Å². The summed E-state index contributed by atoms with van der Waals surface area (Å²) in [4.78, 5) is 16.2. The molecule has 2 heterocycles. The Morgan fingerprint density at radius 3 is 3.04 bits per heavy atom. The predicted octanol–water partition coefficient (Wildman–Crippen LogP) is 3.75. The number of nitrogens with zero attached hydrogens (tertiary/aromatic N) is 2. The minimum absolute atomic E-state index is 0.120. The number of thioether (sulfide) groups is 1. The maximum Gasteiger partial charge on any atom is 0.234 e. The number of halogens is 1. The molecule has 2 aromatic heterocycles. The highest BCUT2D eigenvalue weighted by Crippen LogP contribution is 2.16. The van der Waals surface area contributed by atoms with E-state index in [-0.39, 0.29) is 17.5 Å². The summed E-state index contributed by atoms with van der Waals surface area (Å²) in [6.07, 6.45) is 5.07. The van der Waals surface area contributed by atoms with Crippen molar-refractivity contribution in [2.24, 2.45) is 0 Å². The number of nitrogens with one attached hydrogen (secondary N) is 2. The molecule has 1 aromatic carbocycles. The molecule has 1 amide bonds. The van der Waals surface area contributed by atoms with Crippen LogP contribution in [0.3, 0.4) is 0 Å². The molecule has 0 saturated heterocycles. The first-order valence-electron chi connectivity index (χ1n) is 7.43. The number of benzene rings is 1. The van der Waals surface area contributed by atoms with E-state index < -0.39 is 0 Å². The molecule has 0 aliphatic rings. The van der Waals surface area contributed by atoms with Crippen molar-refractivity contribution in [3.8, 4) is 0 Å². The number of aromatic amines is 1. The van der Waals surface area contributed by atoms with Crippen molar-refractivity contribution in [1.29, 1.82) is 0 Å². The number of furan rings is 1. The first-order chi connectivity index (χ1) is 12.1. The van der Waals surface area contributed by atoms with Gasteiger partial charge in [0, 0.05) is 5.69 Å². The quantitative estimate of drug-likeness (QED) is 0.656. The Bertz CT molecular complexity index is 890. The number of hydrogen-bond acceptors (Lipinski definition) is 5. The maximum atomic E-state index is 13.5. The first kappa shape index (κ1) is 17.0. The predicted molar refractivity (Wildman–Crippen MR) is 94.5 cm³/mol. The number of carbonyl (C=O) groups excluding carboxylic acids is 1. The van der Waals surface area contributed by atoms with Gasteiger partial charge in [-0.2, -0.15) is 0 Å². The lowest BCUT2D eigenvalue weighted by Crippen LogP contribution is -2.14. The number of amides is 1. The lowest BCUT2D eigenvalue weighted by Gasteiger charge is -2.05. The monoisotopic (exact) mass is 358 g/mol. The Morgan fingerprint density at radius 2 is 2.28 bits per heavy atom. The molecule has 0 atom stereocenters. The normalized spacial score (nSPS) is 11.1. The summed E-state index contributed by atoms with van der Waals surface area (Å²) in [5.74, 6) is 0.766. The first-order valence-corrected chi connectivity index (χ1v) is 8.41. The molecule has 3 rings (SSSR count). The number of anilines is 1. The fourth-order valence-corrected chi connectivity index (χ4v) is 2.55. The van der Waals surface area contributed by atoms with E-state index in [0.717, 1.165) is 0 Å². The van der Waals surface area contributed by atoms with E-state index in [1.165, 1.54) is 17.8 Å². The van der Waals surface area contributed by atoms with Crippen molar-refractivity contribution in [1.82, 2.24) is 15.2 Å². The molecular weight excluding hydrogens is 343 g/mol. The fourth-order valence-electron chi connectivity index (χ4n) is 1.94. The molecule has 6 nitrogen and oxygen atoms in total. The molecule has 8 heteroatoms. The largest absolute Gasteiger partial charge is 0.465 e. The second-order valence-electron chi connectivity index (χ2n) is 5.15. The second kappa shape index (κ2) is 7.80. The third-order valence-electron chi connectivity index (χ3n) is 3.22. The van der Waals surface area contributed by atoms with E-state index in [1.54, 1.807) is 43.5 Å². The van der Waals surface area contributed by atoms with Gasteiger partial charge in [-0.05, 0) is 48.9 Å². The van der Waals surface area contributed by atoms with Crippen molar-refractivity contribution >= 4 is 35.5 Å². The zero-order chi connectivity index (χ0) is 17.6. The van der Waals surface area contributed by atoms with E-state index >= 15 is 0 Å². The smallest absolute Gasteiger partial charge is 0.234 e. The average molecular weight is 358 g/mol. The molecule has 0 saturated carbocycles. The number of rotatable bonds is 6. The van der Waals surface area contributed by atoms with Crippen LogP contribution in [-0.4, -0.2) is 26.8 Å². The van der Waals surface area contributed by atoms with Crippen LogP contribution in [0.25, 0.3) is 12.2 Å². The van der Waals surface area contributed by atoms with Gasteiger partial charge < -0.3 is 9.73 Å². The summed E-state index contributed by atoms with van der Waals surface area (Å²) >= 11 is 1.18. The summed E-state index contributed by atoms with van der Waals surface area (Å²) in [5.41, 5.74) is 0.953. The third-order valence-corrected chi connectivity index (χ3v) is 4.07. The maximum absolute atomic E-state index is 13.5. The SMILES string of the molecule is Cc1ccc(NC(=O)CSc2n[nH]c(C=Cc3ccco3)n2)cc1F. The third kappa shape index (κ3) is 4.80. The highest BCUT2D eigenvalue weighted by atomic mass is 32.2. The number of aryl methyl sites for hydroxylation is 1. The van der Waals surface area contributed by atoms with Gasteiger partial charge in [0.25, 0.3) is 0 Å².